The van der Waals surface area contributed by atoms with Crippen molar-refractivity contribution in [2.45, 2.75) is 38.7 Å². The van der Waals surface area contributed by atoms with Crippen molar-refractivity contribution >= 4 is 15.9 Å². The summed E-state index contributed by atoms with van der Waals surface area (Å²) in [6, 6.07) is 0. The molecule has 2 aliphatic heterocycles. The largest absolute Gasteiger partial charge is 0.381 e. The van der Waals surface area contributed by atoms with Gasteiger partial charge in [0, 0.05) is 38.2 Å². The third-order valence-corrected chi connectivity index (χ3v) is 5.45. The predicted molar refractivity (Wildman–Crippen MR) is 77.4 cm³/mol. The zero-order valence-electron chi connectivity index (χ0n) is 11.5. The highest BCUT2D eigenvalue weighted by Gasteiger charge is 2.34. The zero-order valence-corrected chi connectivity index (χ0v) is 13.1. The summed E-state index contributed by atoms with van der Waals surface area (Å²) in [6.07, 6.45) is 5.34. The Hall–Kier alpha value is 0.360. The Morgan fingerprint density at radius 2 is 2.17 bits per heavy atom. The predicted octanol–water partition coefficient (Wildman–Crippen LogP) is 2.68. The van der Waals surface area contributed by atoms with Crippen molar-refractivity contribution in [2.24, 2.45) is 5.41 Å². The second kappa shape index (κ2) is 7.22. The lowest BCUT2D eigenvalue weighted by Crippen LogP contribution is -2.48. The van der Waals surface area contributed by atoms with E-state index in [1.54, 1.807) is 0 Å². The van der Waals surface area contributed by atoms with Crippen LogP contribution in [0.15, 0.2) is 0 Å². The van der Waals surface area contributed by atoms with Gasteiger partial charge in [0.05, 0.1) is 6.10 Å². The molecule has 18 heavy (non-hydrogen) atoms. The molecule has 0 aromatic heterocycles. The van der Waals surface area contributed by atoms with Crippen molar-refractivity contribution < 1.29 is 9.47 Å². The maximum atomic E-state index is 5.79. The van der Waals surface area contributed by atoms with Crippen LogP contribution in [-0.2, 0) is 9.47 Å². The first-order valence-electron chi connectivity index (χ1n) is 7.26. The molecule has 0 radical (unpaired) electrons. The summed E-state index contributed by atoms with van der Waals surface area (Å²) < 4.78 is 11.3. The van der Waals surface area contributed by atoms with E-state index >= 15 is 0 Å². The minimum atomic E-state index is 0.423. The van der Waals surface area contributed by atoms with Crippen LogP contribution in [0.3, 0.4) is 0 Å². The number of halogens is 1. The van der Waals surface area contributed by atoms with Gasteiger partial charge in [-0.25, -0.2) is 0 Å². The summed E-state index contributed by atoms with van der Waals surface area (Å²) in [5.41, 5.74) is 0.423. The number of piperidine rings is 1. The SMILES string of the molecule is CCOC1CCCN(CC2(CBr)CCOCC2)C1. The number of alkyl halides is 1. The van der Waals surface area contributed by atoms with Crippen LogP contribution in [0.25, 0.3) is 0 Å². The molecule has 0 bridgehead atoms. The van der Waals surface area contributed by atoms with Crippen LogP contribution in [0.2, 0.25) is 0 Å². The highest BCUT2D eigenvalue weighted by atomic mass is 79.9. The Balaban J connectivity index is 1.86. The number of rotatable bonds is 5. The van der Waals surface area contributed by atoms with E-state index in [-0.39, 0.29) is 0 Å². The first-order chi connectivity index (χ1) is 8.78. The van der Waals surface area contributed by atoms with Gasteiger partial charge in [-0.15, -0.1) is 0 Å². The fraction of sp³-hybridized carbons (Fsp3) is 1.00. The van der Waals surface area contributed by atoms with E-state index < -0.39 is 0 Å². The molecule has 0 aromatic carbocycles. The molecule has 106 valence electrons. The van der Waals surface area contributed by atoms with Crippen LogP contribution in [0, 0.1) is 5.41 Å². The van der Waals surface area contributed by atoms with Gasteiger partial charge in [-0.2, -0.15) is 0 Å². The quantitative estimate of drug-likeness (QED) is 0.727. The van der Waals surface area contributed by atoms with E-state index in [1.807, 2.05) is 0 Å². The lowest BCUT2D eigenvalue weighted by Gasteiger charge is -2.42. The number of nitrogens with zero attached hydrogens (tertiary/aromatic N) is 1. The van der Waals surface area contributed by atoms with E-state index in [0.717, 1.165) is 31.7 Å². The summed E-state index contributed by atoms with van der Waals surface area (Å²) in [6.45, 7) is 8.34. The standard InChI is InChI=1S/C14H26BrNO2/c1-2-18-13-4-3-7-16(10-13)12-14(11-15)5-8-17-9-6-14/h13H,2-12H2,1H3. The minimum absolute atomic E-state index is 0.423. The molecule has 0 spiro atoms. The van der Waals surface area contributed by atoms with Crippen molar-refractivity contribution in [3.8, 4) is 0 Å². The lowest BCUT2D eigenvalue weighted by atomic mass is 9.81. The average molecular weight is 320 g/mol. The second-order valence-electron chi connectivity index (χ2n) is 5.70. The van der Waals surface area contributed by atoms with E-state index in [9.17, 15) is 0 Å². The van der Waals surface area contributed by atoms with Gasteiger partial charge in [0.2, 0.25) is 0 Å². The van der Waals surface area contributed by atoms with Crippen LogP contribution < -0.4 is 0 Å². The molecular weight excluding hydrogens is 294 g/mol. The number of hydrogen-bond acceptors (Lipinski definition) is 3. The second-order valence-corrected chi connectivity index (χ2v) is 6.26. The monoisotopic (exact) mass is 319 g/mol. The fourth-order valence-electron chi connectivity index (χ4n) is 3.14. The highest BCUT2D eigenvalue weighted by Crippen LogP contribution is 2.34. The summed E-state index contributed by atoms with van der Waals surface area (Å²) in [5.74, 6) is 0. The highest BCUT2D eigenvalue weighted by molar-refractivity contribution is 9.09. The van der Waals surface area contributed by atoms with E-state index in [1.165, 1.54) is 38.8 Å². The van der Waals surface area contributed by atoms with E-state index in [4.69, 9.17) is 9.47 Å². The summed E-state index contributed by atoms with van der Waals surface area (Å²) in [4.78, 5) is 2.61. The smallest absolute Gasteiger partial charge is 0.0702 e. The molecule has 2 saturated heterocycles. The zero-order chi connectivity index (χ0) is 12.8. The molecule has 3 nitrogen and oxygen atoms in total. The maximum absolute atomic E-state index is 5.79. The van der Waals surface area contributed by atoms with Crippen molar-refractivity contribution in [3.63, 3.8) is 0 Å². The third kappa shape index (κ3) is 3.92. The molecule has 0 aliphatic carbocycles. The maximum Gasteiger partial charge on any atom is 0.0702 e. The third-order valence-electron chi connectivity index (χ3n) is 4.26. The van der Waals surface area contributed by atoms with Gasteiger partial charge in [-0.3, -0.25) is 0 Å². The molecule has 0 saturated carbocycles. The van der Waals surface area contributed by atoms with Crippen LogP contribution >= 0.6 is 15.9 Å². The van der Waals surface area contributed by atoms with Crippen LogP contribution in [0.1, 0.15) is 32.6 Å². The Morgan fingerprint density at radius 3 is 2.83 bits per heavy atom. The molecule has 0 aromatic rings. The Bertz CT molecular complexity index is 242. The van der Waals surface area contributed by atoms with Gasteiger partial charge < -0.3 is 14.4 Å². The number of likely N-dealkylation sites (tertiary alicyclic amines) is 1. The topological polar surface area (TPSA) is 21.7 Å². The van der Waals surface area contributed by atoms with Crippen LogP contribution in [0.5, 0.6) is 0 Å². The summed E-state index contributed by atoms with van der Waals surface area (Å²) in [7, 11) is 0. The molecular formula is C14H26BrNO2. The first kappa shape index (κ1) is 14.8. The molecule has 2 fully saturated rings. The van der Waals surface area contributed by atoms with Gasteiger partial charge in [0.1, 0.15) is 0 Å². The van der Waals surface area contributed by atoms with Crippen molar-refractivity contribution in [1.82, 2.24) is 4.90 Å². The molecule has 1 unspecified atom stereocenters. The van der Waals surface area contributed by atoms with Gasteiger partial charge in [-0.05, 0) is 44.6 Å². The van der Waals surface area contributed by atoms with Gasteiger partial charge in [0.25, 0.3) is 0 Å². The fourth-order valence-corrected chi connectivity index (χ4v) is 3.88. The lowest BCUT2D eigenvalue weighted by molar-refractivity contribution is -0.0277. The number of hydrogen-bond donors (Lipinski definition) is 0. The Kier molecular flexibility index (Phi) is 5.93. The van der Waals surface area contributed by atoms with Gasteiger partial charge >= 0.3 is 0 Å². The molecule has 2 heterocycles. The van der Waals surface area contributed by atoms with Crippen molar-refractivity contribution in [1.29, 1.82) is 0 Å². The Morgan fingerprint density at radius 1 is 1.39 bits per heavy atom. The minimum Gasteiger partial charge on any atom is -0.381 e. The van der Waals surface area contributed by atoms with Crippen LogP contribution in [-0.4, -0.2) is 55.8 Å². The molecule has 0 N–H and O–H groups in total. The molecule has 2 rings (SSSR count). The summed E-state index contributed by atoms with van der Waals surface area (Å²) >= 11 is 3.73. The molecule has 0 amide bonds. The van der Waals surface area contributed by atoms with Gasteiger partial charge in [-0.1, -0.05) is 15.9 Å². The molecule has 1 atom stereocenters. The summed E-state index contributed by atoms with van der Waals surface area (Å²) in [5, 5.41) is 1.10. The average Bonchev–Trinajstić information content (AvgIpc) is 2.41. The first-order valence-corrected chi connectivity index (χ1v) is 8.38. The molecule has 2 aliphatic rings. The van der Waals surface area contributed by atoms with Crippen LogP contribution in [0.4, 0.5) is 0 Å². The van der Waals surface area contributed by atoms with E-state index in [0.29, 0.717) is 11.5 Å². The van der Waals surface area contributed by atoms with Crippen molar-refractivity contribution in [2.75, 3.05) is 44.8 Å². The number of ether oxygens (including phenoxy) is 2. The molecule has 4 heteroatoms. The Labute approximate surface area is 119 Å². The van der Waals surface area contributed by atoms with Gasteiger partial charge in [0.15, 0.2) is 0 Å². The normalized spacial score (nSPS) is 29.3. The van der Waals surface area contributed by atoms with Crippen molar-refractivity contribution in [3.05, 3.63) is 0 Å². The van der Waals surface area contributed by atoms with E-state index in [2.05, 4.69) is 27.8 Å².